The molecule has 3 rings (SSSR count). The van der Waals surface area contributed by atoms with Crippen molar-refractivity contribution in [1.29, 1.82) is 0 Å². The topological polar surface area (TPSA) is 102 Å². The number of nitrogens with zero attached hydrogens (tertiary/aromatic N) is 1. The lowest BCUT2D eigenvalue weighted by molar-refractivity contribution is -0.385. The van der Waals surface area contributed by atoms with Crippen LogP contribution in [0.25, 0.3) is 0 Å². The Kier molecular flexibility index (Phi) is 4.16. The number of nitro groups is 1. The lowest BCUT2D eigenvalue weighted by atomic mass is 9.94. The third-order valence-corrected chi connectivity index (χ3v) is 4.14. The number of aryl methyl sites for hydroxylation is 1. The van der Waals surface area contributed by atoms with E-state index < -0.39 is 10.8 Å². The van der Waals surface area contributed by atoms with E-state index in [1.54, 1.807) is 25.1 Å². The maximum absolute atomic E-state index is 12.4. The molecule has 1 aliphatic carbocycles. The van der Waals surface area contributed by atoms with E-state index >= 15 is 0 Å². The van der Waals surface area contributed by atoms with Crippen LogP contribution in [0.3, 0.4) is 0 Å². The van der Waals surface area contributed by atoms with E-state index in [1.165, 1.54) is 6.07 Å². The Morgan fingerprint density at radius 2 is 2.08 bits per heavy atom. The van der Waals surface area contributed by atoms with Crippen molar-refractivity contribution in [3.05, 3.63) is 62.6 Å². The molecule has 7 heteroatoms. The number of benzene rings is 1. The Balaban J connectivity index is 1.80. The standard InChI is InChI=1S/C17H16N2O5/c1-10-15-13(20)7-4-8-14(15)24-16(10)17(21)18-9-11-5-2-3-6-12(11)19(22)23/h2-3,5-6H,4,7-9H2,1H3,(H,18,21). The van der Waals surface area contributed by atoms with Crippen LogP contribution in [0.2, 0.25) is 0 Å². The molecule has 0 saturated carbocycles. The summed E-state index contributed by atoms with van der Waals surface area (Å²) in [6.45, 7) is 1.69. The molecule has 1 amide bonds. The molecule has 0 aliphatic heterocycles. The maximum atomic E-state index is 12.4. The van der Waals surface area contributed by atoms with Crippen LogP contribution in [-0.2, 0) is 13.0 Å². The molecule has 1 N–H and O–H groups in total. The molecule has 1 aromatic heterocycles. The van der Waals surface area contributed by atoms with E-state index in [0.29, 0.717) is 35.3 Å². The minimum atomic E-state index is -0.489. The molecule has 7 nitrogen and oxygen atoms in total. The average Bonchev–Trinajstić information content (AvgIpc) is 2.91. The number of para-hydroxylation sites is 1. The van der Waals surface area contributed by atoms with Crippen LogP contribution in [0.1, 0.15) is 50.6 Å². The minimum absolute atomic E-state index is 0.00440. The first-order valence-electron chi connectivity index (χ1n) is 7.65. The Bertz CT molecular complexity index is 838. The van der Waals surface area contributed by atoms with Crippen LogP contribution in [0.5, 0.6) is 0 Å². The van der Waals surface area contributed by atoms with Crippen LogP contribution in [0.4, 0.5) is 5.69 Å². The molecule has 1 aromatic carbocycles. The van der Waals surface area contributed by atoms with Gasteiger partial charge >= 0.3 is 0 Å². The van der Waals surface area contributed by atoms with Gasteiger partial charge in [-0.15, -0.1) is 0 Å². The fraction of sp³-hybridized carbons (Fsp3) is 0.294. The Morgan fingerprint density at radius 1 is 1.33 bits per heavy atom. The number of hydrogen-bond acceptors (Lipinski definition) is 5. The van der Waals surface area contributed by atoms with Crippen LogP contribution in [-0.4, -0.2) is 16.6 Å². The van der Waals surface area contributed by atoms with Gasteiger partial charge in [-0.2, -0.15) is 0 Å². The van der Waals surface area contributed by atoms with Crippen molar-refractivity contribution in [2.45, 2.75) is 32.7 Å². The van der Waals surface area contributed by atoms with Gasteiger partial charge in [-0.1, -0.05) is 18.2 Å². The number of rotatable bonds is 4. The van der Waals surface area contributed by atoms with E-state index in [1.807, 2.05) is 0 Å². The molecular weight excluding hydrogens is 312 g/mol. The van der Waals surface area contributed by atoms with Gasteiger partial charge in [-0.3, -0.25) is 19.7 Å². The van der Waals surface area contributed by atoms with Gasteiger partial charge in [0.05, 0.1) is 10.5 Å². The summed E-state index contributed by atoms with van der Waals surface area (Å²) in [5.41, 5.74) is 1.40. The van der Waals surface area contributed by atoms with Crippen molar-refractivity contribution < 1.29 is 18.9 Å². The van der Waals surface area contributed by atoms with Gasteiger partial charge in [0.1, 0.15) is 5.76 Å². The lowest BCUT2D eigenvalue weighted by Gasteiger charge is -2.07. The second kappa shape index (κ2) is 6.27. The summed E-state index contributed by atoms with van der Waals surface area (Å²) in [4.78, 5) is 34.8. The number of carbonyl (C=O) groups is 2. The fourth-order valence-corrected chi connectivity index (χ4v) is 2.96. The van der Waals surface area contributed by atoms with E-state index in [4.69, 9.17) is 4.42 Å². The number of amides is 1. The second-order valence-corrected chi connectivity index (χ2v) is 5.70. The molecule has 0 atom stereocenters. The van der Waals surface area contributed by atoms with Gasteiger partial charge in [0.15, 0.2) is 11.5 Å². The molecule has 24 heavy (non-hydrogen) atoms. The molecule has 2 aromatic rings. The summed E-state index contributed by atoms with van der Waals surface area (Å²) in [5.74, 6) is 0.177. The largest absolute Gasteiger partial charge is 0.455 e. The molecule has 124 valence electrons. The Hall–Kier alpha value is -2.96. The highest BCUT2D eigenvalue weighted by atomic mass is 16.6. The first kappa shape index (κ1) is 15.9. The van der Waals surface area contributed by atoms with Gasteiger partial charge in [0, 0.05) is 36.6 Å². The van der Waals surface area contributed by atoms with E-state index in [9.17, 15) is 19.7 Å². The van der Waals surface area contributed by atoms with Crippen molar-refractivity contribution >= 4 is 17.4 Å². The molecule has 1 heterocycles. The Labute approximate surface area is 137 Å². The predicted octanol–water partition coefficient (Wildman–Crippen LogP) is 2.95. The molecule has 0 spiro atoms. The van der Waals surface area contributed by atoms with Gasteiger partial charge in [0.25, 0.3) is 11.6 Å². The van der Waals surface area contributed by atoms with Crippen LogP contribution in [0.15, 0.2) is 28.7 Å². The fourth-order valence-electron chi connectivity index (χ4n) is 2.96. The van der Waals surface area contributed by atoms with Crippen molar-refractivity contribution in [3.8, 4) is 0 Å². The summed E-state index contributed by atoms with van der Waals surface area (Å²) in [5, 5.41) is 13.6. The number of nitro benzene ring substituents is 1. The number of carbonyl (C=O) groups excluding carboxylic acids is 2. The quantitative estimate of drug-likeness (QED) is 0.686. The average molecular weight is 328 g/mol. The zero-order valence-corrected chi connectivity index (χ0v) is 13.1. The first-order chi connectivity index (χ1) is 11.5. The zero-order chi connectivity index (χ0) is 17.3. The van der Waals surface area contributed by atoms with Gasteiger partial charge < -0.3 is 9.73 Å². The van der Waals surface area contributed by atoms with Crippen molar-refractivity contribution in [2.75, 3.05) is 0 Å². The van der Waals surface area contributed by atoms with Crippen LogP contribution in [0, 0.1) is 17.0 Å². The smallest absolute Gasteiger partial charge is 0.287 e. The molecule has 1 aliphatic rings. The zero-order valence-electron chi connectivity index (χ0n) is 13.1. The highest BCUT2D eigenvalue weighted by Crippen LogP contribution is 2.29. The van der Waals surface area contributed by atoms with Gasteiger partial charge in [0.2, 0.25) is 0 Å². The molecular formula is C17H16N2O5. The van der Waals surface area contributed by atoms with Gasteiger partial charge in [-0.25, -0.2) is 0 Å². The Morgan fingerprint density at radius 3 is 2.79 bits per heavy atom. The number of Topliss-reactive ketones (excluding diaryl/α,β-unsaturated/α-hetero) is 1. The summed E-state index contributed by atoms with van der Waals surface area (Å²) >= 11 is 0. The summed E-state index contributed by atoms with van der Waals surface area (Å²) < 4.78 is 5.57. The highest BCUT2D eigenvalue weighted by molar-refractivity contribution is 6.03. The maximum Gasteiger partial charge on any atom is 0.287 e. The number of fused-ring (bicyclic) bond motifs is 1. The normalized spacial score (nSPS) is 13.5. The molecule has 0 unspecified atom stereocenters. The van der Waals surface area contributed by atoms with Crippen molar-refractivity contribution in [1.82, 2.24) is 5.32 Å². The number of nitrogens with one attached hydrogen (secondary N) is 1. The number of furan rings is 1. The van der Waals surface area contributed by atoms with Crippen molar-refractivity contribution in [2.24, 2.45) is 0 Å². The van der Waals surface area contributed by atoms with Crippen LogP contribution < -0.4 is 5.32 Å². The molecule has 0 saturated heterocycles. The predicted molar refractivity (Wildman–Crippen MR) is 85.0 cm³/mol. The second-order valence-electron chi connectivity index (χ2n) is 5.70. The van der Waals surface area contributed by atoms with Gasteiger partial charge in [-0.05, 0) is 13.3 Å². The monoisotopic (exact) mass is 328 g/mol. The van der Waals surface area contributed by atoms with E-state index in [0.717, 1.165) is 6.42 Å². The minimum Gasteiger partial charge on any atom is -0.455 e. The highest BCUT2D eigenvalue weighted by Gasteiger charge is 2.28. The summed E-state index contributed by atoms with van der Waals surface area (Å²) in [6, 6.07) is 6.21. The van der Waals surface area contributed by atoms with Crippen LogP contribution >= 0.6 is 0 Å². The van der Waals surface area contributed by atoms with E-state index in [2.05, 4.69) is 5.32 Å². The summed E-state index contributed by atoms with van der Waals surface area (Å²) in [6.07, 6.45) is 1.82. The number of ketones is 1. The third-order valence-electron chi connectivity index (χ3n) is 4.14. The third kappa shape index (κ3) is 2.80. The molecule has 0 bridgehead atoms. The SMILES string of the molecule is Cc1c(C(=O)NCc2ccccc2[N+](=O)[O-])oc2c1C(=O)CCC2. The first-order valence-corrected chi connectivity index (χ1v) is 7.65. The van der Waals surface area contributed by atoms with E-state index in [-0.39, 0.29) is 23.8 Å². The van der Waals surface area contributed by atoms with Crippen molar-refractivity contribution in [3.63, 3.8) is 0 Å². The number of hydrogen-bond donors (Lipinski definition) is 1. The molecule has 0 radical (unpaired) electrons. The lowest BCUT2D eigenvalue weighted by Crippen LogP contribution is -2.23. The molecule has 0 fully saturated rings. The summed E-state index contributed by atoms with van der Waals surface area (Å²) in [7, 11) is 0.